The zero-order valence-corrected chi connectivity index (χ0v) is 28.1. The zero-order valence-electron chi connectivity index (χ0n) is 26.5. The number of aryl methyl sites for hydroxylation is 3. The first-order valence-corrected chi connectivity index (χ1v) is 17.6. The number of hydrogen-bond donors (Lipinski definition) is 2. The third-order valence-corrected chi connectivity index (χ3v) is 11.1. The summed E-state index contributed by atoms with van der Waals surface area (Å²) in [6.07, 6.45) is 9.38. The van der Waals surface area contributed by atoms with E-state index in [9.17, 15) is 23.4 Å². The van der Waals surface area contributed by atoms with Gasteiger partial charge in [0, 0.05) is 24.6 Å². The van der Waals surface area contributed by atoms with E-state index in [0.717, 1.165) is 55.0 Å². The number of aliphatic hydroxyl groups excluding tert-OH is 1. The van der Waals surface area contributed by atoms with Crippen molar-refractivity contribution in [3.63, 3.8) is 0 Å². The molecule has 1 saturated carbocycles. The van der Waals surface area contributed by atoms with Gasteiger partial charge < -0.3 is 23.7 Å². The number of hydrogen-bond acceptors (Lipinski definition) is 9. The molecule has 0 bridgehead atoms. The Labute approximate surface area is 269 Å². The summed E-state index contributed by atoms with van der Waals surface area (Å²) in [5.41, 5.74) is 1.08. The Morgan fingerprint density at radius 2 is 1.80 bits per heavy atom. The van der Waals surface area contributed by atoms with Crippen LogP contribution in [0.5, 0.6) is 11.5 Å². The van der Waals surface area contributed by atoms with Gasteiger partial charge in [0.15, 0.2) is 0 Å². The fraction of sp³-hybridized carbons (Fsp3) is 0.471. The number of esters is 1. The number of rotatable bonds is 9. The first kappa shape index (κ1) is 32.9. The van der Waals surface area contributed by atoms with Gasteiger partial charge in [-0.1, -0.05) is 63.9 Å². The number of aliphatic hydroxyl groups is 1. The minimum absolute atomic E-state index is 0.0168. The molecule has 1 fully saturated rings. The Morgan fingerprint density at radius 1 is 1.11 bits per heavy atom. The minimum atomic E-state index is -4.16. The van der Waals surface area contributed by atoms with Crippen LogP contribution >= 0.6 is 11.8 Å². The molecule has 2 N–H and O–H groups in total. The molecule has 0 radical (unpaired) electrons. The first-order chi connectivity index (χ1) is 21.2. The monoisotopic (exact) mass is 654 g/mol. The van der Waals surface area contributed by atoms with Gasteiger partial charge in [-0.15, -0.1) is 0 Å². The van der Waals surface area contributed by atoms with E-state index < -0.39 is 27.1 Å². The molecule has 1 aliphatic heterocycles. The van der Waals surface area contributed by atoms with Crippen LogP contribution in [0.15, 0.2) is 69.5 Å². The highest BCUT2D eigenvalue weighted by Gasteiger charge is 2.48. The second-order valence-corrected chi connectivity index (χ2v) is 15.8. The van der Waals surface area contributed by atoms with Crippen LogP contribution in [0.3, 0.4) is 0 Å². The summed E-state index contributed by atoms with van der Waals surface area (Å²) < 4.78 is 39.3. The maximum Gasteiger partial charge on any atom is 0.358 e. The van der Waals surface area contributed by atoms with Crippen molar-refractivity contribution in [3.05, 3.63) is 76.3 Å². The van der Waals surface area contributed by atoms with Crippen LogP contribution in [0.1, 0.15) is 82.4 Å². The Morgan fingerprint density at radius 3 is 2.40 bits per heavy atom. The average molecular weight is 655 g/mol. The fourth-order valence-corrected chi connectivity index (χ4v) is 8.50. The summed E-state index contributed by atoms with van der Waals surface area (Å²) in [5, 5.41) is 21.0. The van der Waals surface area contributed by atoms with Crippen LogP contribution in [-0.4, -0.2) is 39.8 Å². The molecule has 1 unspecified atom stereocenters. The number of carbonyl (C=O) groups is 1. The lowest BCUT2D eigenvalue weighted by atomic mass is 9.71. The van der Waals surface area contributed by atoms with Gasteiger partial charge in [0.2, 0.25) is 5.03 Å². The van der Waals surface area contributed by atoms with Gasteiger partial charge in [-0.05, 0) is 84.9 Å². The lowest BCUT2D eigenvalue weighted by Crippen LogP contribution is -2.47. The third-order valence-electron chi connectivity index (χ3n) is 8.77. The van der Waals surface area contributed by atoms with E-state index >= 15 is 0 Å². The van der Waals surface area contributed by atoms with Crippen molar-refractivity contribution >= 4 is 27.8 Å². The standard InChI is InChI=1S/C34H42N2O7S2/c1-22-17-29(26(33(2,3)4)18-28(22)43-45(40,41)30-20-36(5)21-35-30)44-31-27(38)19-34(42-32(31)39,24-9-7-6-8-10-24)16-15-23-11-13-25(37)14-12-23/h11-14,17-18,20-21,24,37-38H,6-10,15-16,19H2,1-5H3. The van der Waals surface area contributed by atoms with Crippen LogP contribution in [0.25, 0.3) is 0 Å². The van der Waals surface area contributed by atoms with Crippen molar-refractivity contribution in [2.75, 3.05) is 0 Å². The number of aromatic nitrogens is 2. The number of thioether (sulfide) groups is 1. The van der Waals surface area contributed by atoms with E-state index in [-0.39, 0.29) is 39.5 Å². The van der Waals surface area contributed by atoms with Gasteiger partial charge in [0.25, 0.3) is 0 Å². The van der Waals surface area contributed by atoms with Gasteiger partial charge in [-0.2, -0.15) is 8.42 Å². The lowest BCUT2D eigenvalue weighted by molar-refractivity contribution is -0.168. The number of ether oxygens (including phenoxy) is 1. The Kier molecular flexibility index (Phi) is 9.33. The van der Waals surface area contributed by atoms with Gasteiger partial charge >= 0.3 is 16.1 Å². The Balaban J connectivity index is 1.45. The molecule has 1 atom stereocenters. The summed E-state index contributed by atoms with van der Waals surface area (Å²) >= 11 is 1.14. The van der Waals surface area contributed by atoms with Gasteiger partial charge in [-0.25, -0.2) is 9.78 Å². The highest BCUT2D eigenvalue weighted by Crippen LogP contribution is 2.49. The molecule has 0 spiro atoms. The van der Waals surface area contributed by atoms with E-state index in [1.807, 2.05) is 32.9 Å². The number of phenols is 1. The van der Waals surface area contributed by atoms with Gasteiger partial charge in [-0.3, -0.25) is 0 Å². The maximum absolute atomic E-state index is 13.8. The number of nitrogens with zero attached hydrogens (tertiary/aromatic N) is 2. The molecular weight excluding hydrogens is 613 g/mol. The normalized spacial score (nSPS) is 19.9. The van der Waals surface area contributed by atoms with Crippen LogP contribution < -0.4 is 4.18 Å². The molecule has 242 valence electrons. The predicted octanol–water partition coefficient (Wildman–Crippen LogP) is 7.26. The number of phenolic OH excluding ortho intramolecular Hbond substituents is 1. The van der Waals surface area contributed by atoms with E-state index in [1.165, 1.54) is 17.1 Å². The van der Waals surface area contributed by atoms with Crippen LogP contribution in [0.4, 0.5) is 0 Å². The summed E-state index contributed by atoms with van der Waals surface area (Å²) in [5.74, 6) is -0.0131. The summed E-state index contributed by atoms with van der Waals surface area (Å²) in [6, 6.07) is 10.5. The molecule has 3 aromatic rings. The number of imidazole rings is 1. The number of carbonyl (C=O) groups excluding carboxylic acids is 1. The van der Waals surface area contributed by atoms with Gasteiger partial charge in [0.1, 0.15) is 27.8 Å². The van der Waals surface area contributed by atoms with Crippen LogP contribution in [0, 0.1) is 12.8 Å². The second-order valence-electron chi connectivity index (χ2n) is 13.3. The molecule has 11 heteroatoms. The van der Waals surface area contributed by atoms with E-state index in [2.05, 4.69) is 4.98 Å². The summed E-state index contributed by atoms with van der Waals surface area (Å²) in [4.78, 5) is 18.5. The average Bonchev–Trinajstić information content (AvgIpc) is 3.43. The first-order valence-electron chi connectivity index (χ1n) is 15.4. The Hall–Kier alpha value is -3.44. The van der Waals surface area contributed by atoms with Gasteiger partial charge in [0.05, 0.1) is 6.33 Å². The molecule has 0 amide bonds. The smallest absolute Gasteiger partial charge is 0.358 e. The van der Waals surface area contributed by atoms with Crippen molar-refractivity contribution in [2.45, 2.75) is 100.0 Å². The second kappa shape index (κ2) is 12.7. The van der Waals surface area contributed by atoms with Crippen molar-refractivity contribution in [1.82, 2.24) is 9.55 Å². The van der Waals surface area contributed by atoms with Crippen molar-refractivity contribution < 1.29 is 32.3 Å². The molecule has 2 aromatic carbocycles. The van der Waals surface area contributed by atoms with E-state index in [1.54, 1.807) is 38.2 Å². The molecule has 1 aliphatic carbocycles. The molecule has 2 aliphatic rings. The third kappa shape index (κ3) is 7.35. The predicted molar refractivity (Wildman–Crippen MR) is 173 cm³/mol. The maximum atomic E-state index is 13.8. The molecule has 0 saturated heterocycles. The summed E-state index contributed by atoms with van der Waals surface area (Å²) in [7, 11) is -2.48. The molecule has 5 rings (SSSR count). The van der Waals surface area contributed by atoms with Crippen molar-refractivity contribution in [2.24, 2.45) is 13.0 Å². The van der Waals surface area contributed by atoms with E-state index in [4.69, 9.17) is 8.92 Å². The quantitative estimate of drug-likeness (QED) is 0.181. The SMILES string of the molecule is Cc1cc(SC2=C(O)CC(CCc3ccc(O)cc3)(C3CCCCC3)OC2=O)c(C(C)(C)C)cc1OS(=O)(=O)c1cn(C)cn1. The molecule has 45 heavy (non-hydrogen) atoms. The van der Waals surface area contributed by atoms with Crippen LogP contribution in [-0.2, 0) is 38.5 Å². The molecular formula is C34H42N2O7S2. The number of aromatic hydroxyl groups is 1. The van der Waals surface area contributed by atoms with E-state index in [0.29, 0.717) is 23.3 Å². The zero-order chi connectivity index (χ0) is 32.6. The minimum Gasteiger partial charge on any atom is -0.511 e. The topological polar surface area (TPSA) is 128 Å². The van der Waals surface area contributed by atoms with Crippen LogP contribution in [0.2, 0.25) is 0 Å². The van der Waals surface area contributed by atoms with Crippen molar-refractivity contribution in [3.8, 4) is 11.5 Å². The molecule has 9 nitrogen and oxygen atoms in total. The Bertz CT molecular complexity index is 1700. The number of cyclic esters (lactones) is 1. The fourth-order valence-electron chi connectivity index (χ4n) is 6.28. The summed E-state index contributed by atoms with van der Waals surface area (Å²) in [6.45, 7) is 7.71. The highest BCUT2D eigenvalue weighted by atomic mass is 32.2. The lowest BCUT2D eigenvalue weighted by Gasteiger charge is -2.44. The number of benzene rings is 2. The highest BCUT2D eigenvalue weighted by molar-refractivity contribution is 8.04. The largest absolute Gasteiger partial charge is 0.511 e. The molecule has 1 aromatic heterocycles. The van der Waals surface area contributed by atoms with Crippen molar-refractivity contribution in [1.29, 1.82) is 0 Å². The molecule has 2 heterocycles.